The number of nitrogens with one attached hydrogen (secondary N) is 2. The summed E-state index contributed by atoms with van der Waals surface area (Å²) in [6.07, 6.45) is 0. The summed E-state index contributed by atoms with van der Waals surface area (Å²) < 4.78 is 5.65. The highest BCUT2D eigenvalue weighted by molar-refractivity contribution is 6.01. The first-order chi connectivity index (χ1) is 12.2. The number of aromatic amines is 1. The maximum absolute atomic E-state index is 12.4. The molecule has 0 aliphatic rings. The van der Waals surface area contributed by atoms with Crippen molar-refractivity contribution in [2.24, 2.45) is 0 Å². The fourth-order valence-corrected chi connectivity index (χ4v) is 3.17. The molecule has 2 aromatic heterocycles. The van der Waals surface area contributed by atoms with Crippen LogP contribution in [-0.4, -0.2) is 16.5 Å². The van der Waals surface area contributed by atoms with Gasteiger partial charge in [-0.1, -0.05) is 42.5 Å². The van der Waals surface area contributed by atoms with Crippen LogP contribution in [0.5, 0.6) is 0 Å². The summed E-state index contributed by atoms with van der Waals surface area (Å²) in [6, 6.07) is 18.0. The highest BCUT2D eigenvalue weighted by Gasteiger charge is 2.16. The van der Waals surface area contributed by atoms with E-state index in [1.807, 2.05) is 42.5 Å². The number of rotatable bonds is 5. The van der Waals surface area contributed by atoms with Crippen molar-refractivity contribution in [3.8, 4) is 0 Å². The zero-order valence-electron chi connectivity index (χ0n) is 14.1. The number of furan rings is 1. The first-order valence-corrected chi connectivity index (χ1v) is 8.52. The van der Waals surface area contributed by atoms with Crippen molar-refractivity contribution >= 4 is 22.1 Å². The minimum absolute atomic E-state index is 0.216. The number of hydrogen-bond donors (Lipinski definition) is 2. The lowest BCUT2D eigenvalue weighted by Crippen LogP contribution is -3.09. The molecular weight excluding hydrogens is 314 g/mol. The van der Waals surface area contributed by atoms with Gasteiger partial charge in [0.2, 0.25) is 5.58 Å². The lowest BCUT2D eigenvalue weighted by molar-refractivity contribution is -0.926. The molecule has 2 heterocycles. The van der Waals surface area contributed by atoms with Crippen molar-refractivity contribution in [1.82, 2.24) is 9.97 Å². The Morgan fingerprint density at radius 3 is 2.60 bits per heavy atom. The Morgan fingerprint density at radius 1 is 1.04 bits per heavy atom. The molecule has 0 aliphatic carbocycles. The van der Waals surface area contributed by atoms with Crippen molar-refractivity contribution in [3.05, 3.63) is 76.3 Å². The van der Waals surface area contributed by atoms with E-state index in [0.717, 1.165) is 18.5 Å². The summed E-state index contributed by atoms with van der Waals surface area (Å²) in [7, 11) is 0. The van der Waals surface area contributed by atoms with Crippen LogP contribution in [0.4, 0.5) is 0 Å². The molecule has 2 N–H and O–H groups in total. The summed E-state index contributed by atoms with van der Waals surface area (Å²) in [4.78, 5) is 21.3. The van der Waals surface area contributed by atoms with Crippen LogP contribution in [0.3, 0.4) is 0 Å². The molecule has 0 spiro atoms. The first-order valence-electron chi connectivity index (χ1n) is 8.52. The fourth-order valence-electron chi connectivity index (χ4n) is 3.17. The van der Waals surface area contributed by atoms with Gasteiger partial charge < -0.3 is 14.3 Å². The maximum Gasteiger partial charge on any atom is 0.294 e. The van der Waals surface area contributed by atoms with E-state index in [0.29, 0.717) is 29.1 Å². The fraction of sp³-hybridized carbons (Fsp3) is 0.200. The molecule has 0 amide bonds. The van der Waals surface area contributed by atoms with Gasteiger partial charge in [0.25, 0.3) is 5.56 Å². The lowest BCUT2D eigenvalue weighted by Gasteiger charge is -2.17. The summed E-state index contributed by atoms with van der Waals surface area (Å²) in [5.74, 6) is 0.692. The van der Waals surface area contributed by atoms with Gasteiger partial charge in [-0.3, -0.25) is 4.79 Å². The first kappa shape index (κ1) is 15.6. The highest BCUT2D eigenvalue weighted by atomic mass is 16.3. The topological polar surface area (TPSA) is 63.3 Å². The van der Waals surface area contributed by atoms with Gasteiger partial charge in [0.1, 0.15) is 24.2 Å². The predicted molar refractivity (Wildman–Crippen MR) is 97.5 cm³/mol. The van der Waals surface area contributed by atoms with Gasteiger partial charge in [-0.2, -0.15) is 0 Å². The lowest BCUT2D eigenvalue weighted by atomic mass is 10.2. The van der Waals surface area contributed by atoms with Gasteiger partial charge in [0.05, 0.1) is 6.54 Å². The van der Waals surface area contributed by atoms with Gasteiger partial charge in [0, 0.05) is 10.9 Å². The summed E-state index contributed by atoms with van der Waals surface area (Å²) >= 11 is 0. The molecular formula is C20H20N3O2+. The van der Waals surface area contributed by atoms with Gasteiger partial charge in [-0.15, -0.1) is 0 Å². The van der Waals surface area contributed by atoms with Crippen LogP contribution in [0, 0.1) is 0 Å². The number of H-pyrrole nitrogens is 1. The van der Waals surface area contributed by atoms with E-state index in [2.05, 4.69) is 29.0 Å². The van der Waals surface area contributed by atoms with Crippen molar-refractivity contribution in [2.45, 2.75) is 20.0 Å². The monoisotopic (exact) mass is 334 g/mol. The van der Waals surface area contributed by atoms with E-state index in [1.54, 1.807) is 0 Å². The third kappa shape index (κ3) is 3.06. The number of benzene rings is 2. The quantitative estimate of drug-likeness (QED) is 0.588. The molecule has 1 atom stereocenters. The molecule has 5 nitrogen and oxygen atoms in total. The molecule has 4 rings (SSSR count). The summed E-state index contributed by atoms with van der Waals surface area (Å²) in [5, 5.41) is 0.881. The second kappa shape index (κ2) is 6.53. The van der Waals surface area contributed by atoms with Crippen molar-refractivity contribution in [1.29, 1.82) is 0 Å². The third-order valence-electron chi connectivity index (χ3n) is 4.49. The molecule has 25 heavy (non-hydrogen) atoms. The number of quaternary nitrogens is 1. The van der Waals surface area contributed by atoms with E-state index >= 15 is 0 Å². The van der Waals surface area contributed by atoms with Crippen molar-refractivity contribution in [2.75, 3.05) is 6.54 Å². The minimum Gasteiger partial charge on any atom is -0.449 e. The Labute approximate surface area is 144 Å². The molecule has 0 radical (unpaired) electrons. The van der Waals surface area contributed by atoms with E-state index in [-0.39, 0.29) is 5.56 Å². The van der Waals surface area contributed by atoms with Crippen LogP contribution < -0.4 is 10.5 Å². The molecule has 2 aromatic carbocycles. The number of aromatic nitrogens is 2. The van der Waals surface area contributed by atoms with Crippen LogP contribution in [0.1, 0.15) is 18.3 Å². The molecule has 0 fully saturated rings. The number of para-hydroxylation sites is 1. The smallest absolute Gasteiger partial charge is 0.294 e. The normalized spacial score (nSPS) is 12.7. The number of hydrogen-bond acceptors (Lipinski definition) is 3. The molecule has 0 aliphatic heterocycles. The maximum atomic E-state index is 12.4. The van der Waals surface area contributed by atoms with E-state index in [1.165, 1.54) is 10.5 Å². The Hall–Kier alpha value is -2.92. The van der Waals surface area contributed by atoms with Gasteiger partial charge in [-0.05, 0) is 19.1 Å². The Kier molecular flexibility index (Phi) is 4.07. The highest BCUT2D eigenvalue weighted by Crippen LogP contribution is 2.24. The van der Waals surface area contributed by atoms with Gasteiger partial charge >= 0.3 is 0 Å². The zero-order chi connectivity index (χ0) is 17.2. The Balaban J connectivity index is 1.68. The van der Waals surface area contributed by atoms with E-state index in [4.69, 9.17) is 4.42 Å². The van der Waals surface area contributed by atoms with Crippen LogP contribution in [0.15, 0.2) is 63.8 Å². The van der Waals surface area contributed by atoms with Crippen LogP contribution in [0.2, 0.25) is 0 Å². The molecule has 0 bridgehead atoms. The average Bonchev–Trinajstić information content (AvgIpc) is 3.01. The van der Waals surface area contributed by atoms with Crippen LogP contribution in [-0.2, 0) is 13.1 Å². The van der Waals surface area contributed by atoms with E-state index in [9.17, 15) is 4.79 Å². The predicted octanol–water partition coefficient (Wildman–Crippen LogP) is 2.27. The van der Waals surface area contributed by atoms with Crippen molar-refractivity contribution < 1.29 is 9.32 Å². The van der Waals surface area contributed by atoms with Crippen LogP contribution >= 0.6 is 0 Å². The molecule has 4 aromatic rings. The molecule has 126 valence electrons. The summed E-state index contributed by atoms with van der Waals surface area (Å²) in [6.45, 7) is 4.65. The van der Waals surface area contributed by atoms with Crippen molar-refractivity contribution in [3.63, 3.8) is 0 Å². The Bertz CT molecular complexity index is 1070. The van der Waals surface area contributed by atoms with Gasteiger partial charge in [-0.25, -0.2) is 4.98 Å². The number of fused-ring (bicyclic) bond motifs is 3. The third-order valence-corrected chi connectivity index (χ3v) is 4.49. The van der Waals surface area contributed by atoms with Crippen LogP contribution in [0.25, 0.3) is 22.1 Å². The molecule has 0 saturated carbocycles. The zero-order valence-corrected chi connectivity index (χ0v) is 14.1. The molecule has 5 heteroatoms. The number of nitrogens with zero attached hydrogens (tertiary/aromatic N) is 1. The largest absolute Gasteiger partial charge is 0.449 e. The Morgan fingerprint density at radius 2 is 1.80 bits per heavy atom. The SMILES string of the molecule is CC[NH+](Cc1ccccc1)Cc1nc2c(oc3ccccc32)c(=O)[nH]1. The second-order valence-electron chi connectivity index (χ2n) is 6.23. The average molecular weight is 334 g/mol. The minimum atomic E-state index is -0.216. The van der Waals surface area contributed by atoms with E-state index < -0.39 is 0 Å². The second-order valence-corrected chi connectivity index (χ2v) is 6.23. The van der Waals surface area contributed by atoms with Gasteiger partial charge in [0.15, 0.2) is 5.82 Å². The summed E-state index contributed by atoms with van der Waals surface area (Å²) in [5.41, 5.74) is 2.69. The standard InChI is InChI=1S/C20H19N3O2/c1-2-23(12-14-8-4-3-5-9-14)13-17-21-18-15-10-6-7-11-16(15)25-19(18)20(24)22-17/h3-11H,2,12-13H2,1H3,(H,21,22,24)/p+1. The molecule has 0 saturated heterocycles. The molecule has 1 unspecified atom stereocenters.